The quantitative estimate of drug-likeness (QED) is 0.532. The van der Waals surface area contributed by atoms with Crippen molar-refractivity contribution in [3.8, 4) is 0 Å². The predicted octanol–water partition coefficient (Wildman–Crippen LogP) is 3.93. The molecular weight excluding hydrogens is 512 g/mol. The average Bonchev–Trinajstić information content (AvgIpc) is 2.83. The molecule has 0 N–H and O–H groups in total. The maximum Gasteiger partial charge on any atom is 0.502 e. The maximum absolute atomic E-state index is 14.0. The summed E-state index contributed by atoms with van der Waals surface area (Å²) in [7, 11) is -14.6. The van der Waals surface area contributed by atoms with E-state index in [9.17, 15) is 69.5 Å². The van der Waals surface area contributed by atoms with Gasteiger partial charge in [0.1, 0.15) is 5.25 Å². The fraction of sp³-hybridized carbons (Fsp3) is 0.538. The van der Waals surface area contributed by atoms with E-state index in [0.29, 0.717) is 0 Å². The lowest BCUT2D eigenvalue weighted by Gasteiger charge is -2.24. The molecule has 18 heteroatoms. The highest BCUT2D eigenvalue weighted by molar-refractivity contribution is 8.15. The van der Waals surface area contributed by atoms with Gasteiger partial charge in [-0.15, -0.1) is 0 Å². The Balaban J connectivity index is 3.03. The van der Waals surface area contributed by atoms with E-state index in [1.807, 2.05) is 0 Å². The summed E-state index contributed by atoms with van der Waals surface area (Å²) in [6.07, 6.45) is -19.5. The Labute approximate surface area is 164 Å². The van der Waals surface area contributed by atoms with Crippen molar-refractivity contribution in [1.82, 2.24) is 0 Å². The molecule has 5 atom stereocenters. The van der Waals surface area contributed by atoms with E-state index < -0.39 is 94.4 Å². The number of hydrogen-bond acceptors (Lipinski definition) is 4. The van der Waals surface area contributed by atoms with Gasteiger partial charge in [0.05, 0.1) is 5.57 Å². The molecule has 0 heterocycles. The van der Waals surface area contributed by atoms with Crippen molar-refractivity contribution in [3.63, 3.8) is 0 Å². The molecule has 0 aromatic heterocycles. The molecule has 5 unspecified atom stereocenters. The summed E-state index contributed by atoms with van der Waals surface area (Å²) in [5, 5.41) is -3.96. The van der Waals surface area contributed by atoms with Crippen molar-refractivity contribution in [3.05, 3.63) is 33.1 Å². The zero-order valence-corrected chi connectivity index (χ0v) is 15.6. The van der Waals surface area contributed by atoms with E-state index in [0.717, 1.165) is 0 Å². The molecule has 178 valence electrons. The van der Waals surface area contributed by atoms with E-state index in [2.05, 4.69) is 0 Å². The minimum Gasteiger partial charge on any atom is -0.243 e. The van der Waals surface area contributed by atoms with Crippen molar-refractivity contribution < 1.29 is 69.5 Å². The molecule has 0 aliphatic heterocycles. The van der Waals surface area contributed by atoms with Crippen molar-refractivity contribution in [2.45, 2.75) is 41.6 Å². The lowest BCUT2D eigenvalue weighted by Crippen LogP contribution is -2.42. The van der Waals surface area contributed by atoms with Gasteiger partial charge in [0, 0.05) is 0 Å². The largest absolute Gasteiger partial charge is 0.502 e. The Kier molecular flexibility index (Phi) is 6.34. The first kappa shape index (κ1) is 25.5. The average molecular weight is 518 g/mol. The van der Waals surface area contributed by atoms with Gasteiger partial charge in [-0.3, -0.25) is 0 Å². The summed E-state index contributed by atoms with van der Waals surface area (Å²) in [5.74, 6) is -12.6. The molecule has 2 aliphatic carbocycles. The summed E-state index contributed by atoms with van der Waals surface area (Å²) < 4.78 is 206. The first-order chi connectivity index (χ1) is 13.8. The lowest BCUT2D eigenvalue weighted by molar-refractivity contribution is -0.0425. The van der Waals surface area contributed by atoms with Crippen LogP contribution in [0, 0.1) is 0 Å². The predicted molar refractivity (Wildman–Crippen MR) is 77.7 cm³/mol. The van der Waals surface area contributed by atoms with Gasteiger partial charge in [0.15, 0.2) is 68.2 Å². The Hall–Kier alpha value is -1.72. The molecule has 1 fully saturated rings. The van der Waals surface area contributed by atoms with Crippen LogP contribution in [0.3, 0.4) is 0 Å². The third-order valence-electron chi connectivity index (χ3n) is 4.23. The summed E-state index contributed by atoms with van der Waals surface area (Å²) >= 11 is 0. The second-order valence-electron chi connectivity index (χ2n) is 6.09. The molecule has 1 saturated carbocycles. The van der Waals surface area contributed by atoms with Crippen LogP contribution in [0.1, 0.15) is 0 Å². The van der Waals surface area contributed by atoms with Crippen LogP contribution < -0.4 is 0 Å². The molecule has 0 bridgehead atoms. The zero-order chi connectivity index (χ0) is 24.4. The van der Waals surface area contributed by atoms with Gasteiger partial charge >= 0.3 is 5.51 Å². The van der Waals surface area contributed by atoms with Crippen molar-refractivity contribution >= 4 is 19.7 Å². The van der Waals surface area contributed by atoms with E-state index in [-0.39, 0.29) is 0 Å². The smallest absolute Gasteiger partial charge is 0.243 e. The van der Waals surface area contributed by atoms with Gasteiger partial charge in [0.2, 0.25) is 0 Å². The highest BCUT2D eigenvalue weighted by Gasteiger charge is 2.64. The van der Waals surface area contributed by atoms with Crippen LogP contribution in [0.4, 0.5) is 52.7 Å². The van der Waals surface area contributed by atoms with Gasteiger partial charge in [0.25, 0.3) is 9.84 Å². The van der Waals surface area contributed by atoms with Gasteiger partial charge in [-0.2, -0.15) is 13.2 Å². The van der Waals surface area contributed by atoms with Crippen molar-refractivity contribution in [1.29, 1.82) is 0 Å². The Morgan fingerprint density at radius 1 is 0.677 bits per heavy atom. The van der Waals surface area contributed by atoms with Crippen LogP contribution in [0.15, 0.2) is 33.1 Å². The van der Waals surface area contributed by atoms with Crippen LogP contribution in [-0.2, 0) is 19.7 Å². The first-order valence-electron chi connectivity index (χ1n) is 7.42. The minimum absolute atomic E-state index is 3.02. The van der Waals surface area contributed by atoms with E-state index >= 15 is 0 Å². The number of sulfone groups is 2. The second kappa shape index (κ2) is 7.70. The summed E-state index contributed by atoms with van der Waals surface area (Å²) in [4.78, 5) is 0. The van der Waals surface area contributed by atoms with E-state index in [1.54, 1.807) is 0 Å². The third-order valence-corrected chi connectivity index (χ3v) is 8.88. The summed E-state index contributed by atoms with van der Waals surface area (Å²) in [6, 6.07) is 0. The Morgan fingerprint density at radius 2 is 1.10 bits per heavy atom. The number of rotatable bonds is 3. The maximum atomic E-state index is 14.0. The Bertz CT molecular complexity index is 1070. The number of hydrogen-bond donors (Lipinski definition) is 0. The number of alkyl halides is 8. The molecule has 31 heavy (non-hydrogen) atoms. The van der Waals surface area contributed by atoms with Crippen LogP contribution in [-0.4, -0.2) is 58.5 Å². The zero-order valence-electron chi connectivity index (χ0n) is 13.9. The number of halogens is 12. The molecule has 2 aliphatic rings. The molecule has 0 aromatic carbocycles. The van der Waals surface area contributed by atoms with Gasteiger partial charge in [-0.25, -0.2) is 56.3 Å². The Morgan fingerprint density at radius 3 is 1.48 bits per heavy atom. The number of allylic oxidation sites excluding steroid dienone is 5. The van der Waals surface area contributed by atoms with Crippen LogP contribution in [0.25, 0.3) is 0 Å². The summed E-state index contributed by atoms with van der Waals surface area (Å²) in [6.45, 7) is 0. The fourth-order valence-electron chi connectivity index (χ4n) is 2.77. The SMILES string of the molecule is O=S(=O)(/C(=C1\C(F)=C(F)C(F)=C(F)C1F)S(=O)(=O)C(F)(F)F)C1C(F)C(F)C(F)C1F. The molecule has 0 saturated heterocycles. The monoisotopic (exact) mass is 518 g/mol. The molecule has 0 aromatic rings. The van der Waals surface area contributed by atoms with Crippen LogP contribution in [0.2, 0.25) is 0 Å². The molecule has 4 nitrogen and oxygen atoms in total. The second-order valence-corrected chi connectivity index (χ2v) is 10.3. The third kappa shape index (κ3) is 3.64. The van der Waals surface area contributed by atoms with Gasteiger partial charge in [-0.1, -0.05) is 0 Å². The molecule has 2 rings (SSSR count). The van der Waals surface area contributed by atoms with E-state index in [4.69, 9.17) is 0 Å². The van der Waals surface area contributed by atoms with Gasteiger partial charge < -0.3 is 0 Å². The van der Waals surface area contributed by atoms with Crippen LogP contribution in [0.5, 0.6) is 0 Å². The molecule has 0 spiro atoms. The molecule has 0 amide bonds. The molecule has 0 radical (unpaired) electrons. The first-order valence-corrected chi connectivity index (χ1v) is 10.5. The van der Waals surface area contributed by atoms with E-state index in [1.165, 1.54) is 0 Å². The summed E-state index contributed by atoms with van der Waals surface area (Å²) in [5.41, 5.74) is -9.97. The highest BCUT2D eigenvalue weighted by Crippen LogP contribution is 2.48. The normalized spacial score (nSPS) is 35.1. The topological polar surface area (TPSA) is 68.3 Å². The molecular formula is C13H6F12O4S2. The van der Waals surface area contributed by atoms with Gasteiger partial charge in [-0.05, 0) is 0 Å². The minimum atomic E-state index is -7.62. The van der Waals surface area contributed by atoms with Crippen molar-refractivity contribution in [2.24, 2.45) is 0 Å². The highest BCUT2D eigenvalue weighted by atomic mass is 32.3. The fourth-order valence-corrected chi connectivity index (χ4v) is 7.04. The standard InChI is InChI=1S/C13H6F12O4S2/c14-2-1(3(15)5(17)6(18)4(2)16)12(31(28,29)13(23,24)25)30(26,27)11-9(21)7(19)8(20)10(11)22/h2,7-11H/b12-1+. The van der Waals surface area contributed by atoms with Crippen LogP contribution >= 0.6 is 0 Å². The van der Waals surface area contributed by atoms with Crippen molar-refractivity contribution in [2.75, 3.05) is 0 Å². The lowest BCUT2D eigenvalue weighted by atomic mass is 10.0.